The van der Waals surface area contributed by atoms with Crippen molar-refractivity contribution in [2.45, 2.75) is 45.2 Å². The molecule has 122 valence electrons. The number of carbonyl (C=O) groups excluding carboxylic acids is 1. The number of aromatic nitrogens is 2. The van der Waals surface area contributed by atoms with Gasteiger partial charge >= 0.3 is 0 Å². The molecular weight excluding hydrogens is 290 g/mol. The topological polar surface area (TPSA) is 56.1 Å². The molecule has 5 heteroatoms. The van der Waals surface area contributed by atoms with Crippen LogP contribution in [0.25, 0.3) is 0 Å². The van der Waals surface area contributed by atoms with E-state index >= 15 is 0 Å². The molecule has 1 aliphatic rings. The molecule has 1 heterocycles. The smallest absolute Gasteiger partial charge is 0.245 e. The summed E-state index contributed by atoms with van der Waals surface area (Å²) in [4.78, 5) is 12.5. The summed E-state index contributed by atoms with van der Waals surface area (Å²) in [6.07, 6.45) is 7.66. The minimum Gasteiger partial charge on any atom is -0.496 e. The van der Waals surface area contributed by atoms with E-state index in [0.29, 0.717) is 13.0 Å². The van der Waals surface area contributed by atoms with Gasteiger partial charge in [-0.2, -0.15) is 5.10 Å². The molecule has 0 spiro atoms. The van der Waals surface area contributed by atoms with Crippen molar-refractivity contribution in [2.24, 2.45) is 0 Å². The summed E-state index contributed by atoms with van der Waals surface area (Å²) in [5, 5.41) is 7.20. The summed E-state index contributed by atoms with van der Waals surface area (Å²) in [5.41, 5.74) is 3.80. The Kier molecular flexibility index (Phi) is 4.65. The van der Waals surface area contributed by atoms with Crippen LogP contribution in [0.3, 0.4) is 0 Å². The third kappa shape index (κ3) is 3.23. The van der Waals surface area contributed by atoms with E-state index in [0.717, 1.165) is 24.2 Å². The van der Waals surface area contributed by atoms with Gasteiger partial charge in [0.25, 0.3) is 0 Å². The van der Waals surface area contributed by atoms with Crippen molar-refractivity contribution in [1.82, 2.24) is 15.1 Å². The molecule has 0 radical (unpaired) electrons. The zero-order chi connectivity index (χ0) is 16.2. The van der Waals surface area contributed by atoms with Gasteiger partial charge in [-0.25, -0.2) is 0 Å². The van der Waals surface area contributed by atoms with Crippen LogP contribution in [0.15, 0.2) is 30.6 Å². The van der Waals surface area contributed by atoms with Crippen LogP contribution >= 0.6 is 0 Å². The van der Waals surface area contributed by atoms with Crippen LogP contribution in [0.4, 0.5) is 0 Å². The maximum atomic E-state index is 12.5. The molecular formula is C18H23N3O2. The summed E-state index contributed by atoms with van der Waals surface area (Å²) >= 11 is 0. The van der Waals surface area contributed by atoms with Crippen molar-refractivity contribution >= 4 is 5.91 Å². The normalized spacial score (nSPS) is 14.3. The summed E-state index contributed by atoms with van der Waals surface area (Å²) in [6, 6.07) is 5.86. The van der Waals surface area contributed by atoms with Crippen LogP contribution in [-0.4, -0.2) is 22.8 Å². The highest BCUT2D eigenvalue weighted by atomic mass is 16.5. The van der Waals surface area contributed by atoms with E-state index in [-0.39, 0.29) is 11.9 Å². The number of carbonyl (C=O) groups is 1. The van der Waals surface area contributed by atoms with Crippen LogP contribution in [-0.2, 0) is 24.2 Å². The van der Waals surface area contributed by atoms with Crippen molar-refractivity contribution in [3.8, 4) is 5.75 Å². The van der Waals surface area contributed by atoms with Crippen molar-refractivity contribution in [3.63, 3.8) is 0 Å². The lowest BCUT2D eigenvalue weighted by molar-refractivity contribution is -0.124. The second-order valence-electron chi connectivity index (χ2n) is 5.91. The second kappa shape index (κ2) is 6.86. The highest BCUT2D eigenvalue weighted by molar-refractivity contribution is 5.80. The molecule has 2 aromatic rings. The number of aryl methyl sites for hydroxylation is 2. The van der Waals surface area contributed by atoms with Crippen LogP contribution < -0.4 is 10.1 Å². The van der Waals surface area contributed by atoms with Crippen LogP contribution in [0, 0.1) is 0 Å². The largest absolute Gasteiger partial charge is 0.496 e. The number of fused-ring (bicyclic) bond motifs is 1. The molecule has 0 bridgehead atoms. The molecule has 1 atom stereocenters. The summed E-state index contributed by atoms with van der Waals surface area (Å²) in [7, 11) is 1.68. The number of benzene rings is 1. The van der Waals surface area contributed by atoms with Gasteiger partial charge in [0.1, 0.15) is 11.8 Å². The molecule has 1 N–H and O–H groups in total. The Morgan fingerprint density at radius 3 is 2.83 bits per heavy atom. The fraction of sp³-hybridized carbons (Fsp3) is 0.444. The Hall–Kier alpha value is -2.30. The zero-order valence-corrected chi connectivity index (χ0v) is 13.7. The van der Waals surface area contributed by atoms with Crippen LogP contribution in [0.1, 0.15) is 42.5 Å². The van der Waals surface area contributed by atoms with Gasteiger partial charge in [0, 0.05) is 24.5 Å². The number of rotatable bonds is 6. The number of amides is 1. The summed E-state index contributed by atoms with van der Waals surface area (Å²) < 4.78 is 7.20. The highest BCUT2D eigenvalue weighted by Gasteiger charge is 2.20. The van der Waals surface area contributed by atoms with Gasteiger partial charge in [0.2, 0.25) is 5.91 Å². The van der Waals surface area contributed by atoms with Crippen LogP contribution in [0.2, 0.25) is 0 Å². The van der Waals surface area contributed by atoms with Crippen LogP contribution in [0.5, 0.6) is 5.75 Å². The van der Waals surface area contributed by atoms with Crippen molar-refractivity contribution in [3.05, 3.63) is 47.3 Å². The molecule has 0 aliphatic heterocycles. The first-order valence-electron chi connectivity index (χ1n) is 8.18. The van der Waals surface area contributed by atoms with Crippen molar-refractivity contribution in [1.29, 1.82) is 0 Å². The Morgan fingerprint density at radius 2 is 2.17 bits per heavy atom. The second-order valence-corrected chi connectivity index (χ2v) is 5.91. The third-order valence-electron chi connectivity index (χ3n) is 4.48. The van der Waals surface area contributed by atoms with Crippen molar-refractivity contribution in [2.75, 3.05) is 7.11 Å². The molecule has 1 aromatic carbocycles. The average molecular weight is 313 g/mol. The average Bonchev–Trinajstić information content (AvgIpc) is 3.23. The molecule has 1 aromatic heterocycles. The fourth-order valence-electron chi connectivity index (χ4n) is 3.24. The predicted molar refractivity (Wildman–Crippen MR) is 88.4 cm³/mol. The molecule has 0 unspecified atom stereocenters. The van der Waals surface area contributed by atoms with E-state index in [4.69, 9.17) is 4.74 Å². The number of nitrogens with zero attached hydrogens (tertiary/aromatic N) is 2. The molecule has 0 fully saturated rings. The maximum absolute atomic E-state index is 12.5. The van der Waals surface area contributed by atoms with Crippen molar-refractivity contribution < 1.29 is 9.53 Å². The summed E-state index contributed by atoms with van der Waals surface area (Å²) in [5.74, 6) is 0.844. The lowest BCUT2D eigenvalue weighted by Crippen LogP contribution is -2.32. The van der Waals surface area contributed by atoms with E-state index in [1.54, 1.807) is 18.0 Å². The summed E-state index contributed by atoms with van der Waals surface area (Å²) in [6.45, 7) is 2.47. The van der Waals surface area contributed by atoms with E-state index in [1.165, 1.54) is 17.5 Å². The van der Waals surface area contributed by atoms with Gasteiger partial charge in [-0.15, -0.1) is 0 Å². The molecule has 5 nitrogen and oxygen atoms in total. The first-order valence-corrected chi connectivity index (χ1v) is 8.18. The Morgan fingerprint density at radius 1 is 1.39 bits per heavy atom. The zero-order valence-electron chi connectivity index (χ0n) is 13.7. The predicted octanol–water partition coefficient (Wildman–Crippen LogP) is 2.65. The van der Waals surface area contributed by atoms with Gasteiger partial charge in [-0.05, 0) is 48.9 Å². The number of hydrogen-bond acceptors (Lipinski definition) is 3. The SMILES string of the molecule is CC[C@H](C(=O)NCc1cc2c(cc1OC)CCC2)n1cccn1. The maximum Gasteiger partial charge on any atom is 0.245 e. The molecule has 0 saturated carbocycles. The number of nitrogens with one attached hydrogen (secondary N) is 1. The molecule has 0 saturated heterocycles. The lowest BCUT2D eigenvalue weighted by Gasteiger charge is -2.17. The minimum atomic E-state index is -0.273. The van der Waals surface area contributed by atoms with Gasteiger partial charge in [0.15, 0.2) is 0 Å². The number of ether oxygens (including phenoxy) is 1. The number of hydrogen-bond donors (Lipinski definition) is 1. The lowest BCUT2D eigenvalue weighted by atomic mass is 10.0. The first-order chi connectivity index (χ1) is 11.2. The number of methoxy groups -OCH3 is 1. The molecule has 1 aliphatic carbocycles. The monoisotopic (exact) mass is 313 g/mol. The van der Waals surface area contributed by atoms with E-state index in [9.17, 15) is 4.79 Å². The third-order valence-corrected chi connectivity index (χ3v) is 4.48. The van der Waals surface area contributed by atoms with Gasteiger partial charge in [-0.3, -0.25) is 9.48 Å². The minimum absolute atomic E-state index is 0.0150. The highest BCUT2D eigenvalue weighted by Crippen LogP contribution is 2.29. The van der Waals surface area contributed by atoms with E-state index < -0.39 is 0 Å². The Balaban J connectivity index is 1.71. The quantitative estimate of drug-likeness (QED) is 0.892. The standard InChI is InChI=1S/C18H23N3O2/c1-3-16(21-9-5-8-20-21)18(22)19-12-15-10-13-6-4-7-14(13)11-17(15)23-2/h5,8-11,16H,3-4,6-7,12H2,1-2H3,(H,19,22)/t16-/m1/s1. The Labute approximate surface area is 136 Å². The van der Waals surface area contributed by atoms with Gasteiger partial charge in [0.05, 0.1) is 7.11 Å². The molecule has 1 amide bonds. The molecule has 3 rings (SSSR count). The molecule has 23 heavy (non-hydrogen) atoms. The van der Waals surface area contributed by atoms with Gasteiger partial charge in [-0.1, -0.05) is 13.0 Å². The van der Waals surface area contributed by atoms with Gasteiger partial charge < -0.3 is 10.1 Å². The van der Waals surface area contributed by atoms with E-state index in [2.05, 4.69) is 22.5 Å². The Bertz CT molecular complexity index is 680. The first kappa shape index (κ1) is 15.6. The van der Waals surface area contributed by atoms with E-state index in [1.807, 2.05) is 19.2 Å². The fourth-order valence-corrected chi connectivity index (χ4v) is 3.24.